The lowest BCUT2D eigenvalue weighted by atomic mass is 9.88. The Bertz CT molecular complexity index is 1050. The van der Waals surface area contributed by atoms with Crippen molar-refractivity contribution < 1.29 is 19.1 Å². The first-order valence-corrected chi connectivity index (χ1v) is 10.6. The lowest BCUT2D eigenvalue weighted by molar-refractivity contribution is -0.145. The van der Waals surface area contributed by atoms with Gasteiger partial charge in [-0.2, -0.15) is 5.26 Å². The number of nitrogens with two attached hydrogens (primary N) is 1. The van der Waals surface area contributed by atoms with E-state index in [0.29, 0.717) is 0 Å². The summed E-state index contributed by atoms with van der Waals surface area (Å²) in [6.45, 7) is 1.65. The molecular formula is C24H22N2O4S. The highest BCUT2D eigenvalue weighted by Gasteiger charge is 2.25. The predicted octanol–water partition coefficient (Wildman–Crippen LogP) is 4.64. The average Bonchev–Trinajstić information content (AvgIpc) is 3.12. The molecule has 0 aliphatic heterocycles. The second kappa shape index (κ2) is 10.4. The van der Waals surface area contributed by atoms with E-state index < -0.39 is 11.9 Å². The molecule has 1 aromatic heterocycles. The van der Waals surface area contributed by atoms with E-state index >= 15 is 0 Å². The second-order valence-electron chi connectivity index (χ2n) is 6.72. The summed E-state index contributed by atoms with van der Waals surface area (Å²) in [6.07, 6.45) is 0.115. The third-order valence-corrected chi connectivity index (χ3v) is 5.80. The Balaban J connectivity index is 1.79. The fraction of sp³-hybridized carbons (Fsp3) is 0.208. The summed E-state index contributed by atoms with van der Waals surface area (Å²) in [5.41, 5.74) is 8.29. The van der Waals surface area contributed by atoms with Crippen LogP contribution in [-0.4, -0.2) is 18.5 Å². The van der Waals surface area contributed by atoms with Gasteiger partial charge in [-0.3, -0.25) is 4.79 Å². The van der Waals surface area contributed by atoms with Gasteiger partial charge in [-0.1, -0.05) is 60.7 Å². The Kier molecular flexibility index (Phi) is 7.41. The molecule has 0 amide bonds. The molecule has 2 N–H and O–H groups in total. The standard InChI is InChI=1S/C24H22N2O4S/c1-2-29-24(28)22-20(19(14-25)23(26)31-22)15-30-21(27)13-18(16-9-5-3-6-10-16)17-11-7-4-8-12-17/h3-12,18H,2,13,15,26H2,1H3. The van der Waals surface area contributed by atoms with E-state index in [9.17, 15) is 14.9 Å². The Morgan fingerprint density at radius 2 is 1.61 bits per heavy atom. The summed E-state index contributed by atoms with van der Waals surface area (Å²) in [7, 11) is 0. The third-order valence-electron chi connectivity index (χ3n) is 4.76. The topological polar surface area (TPSA) is 102 Å². The summed E-state index contributed by atoms with van der Waals surface area (Å²) in [4.78, 5) is 25.1. The number of benzene rings is 2. The Morgan fingerprint density at radius 1 is 1.03 bits per heavy atom. The van der Waals surface area contributed by atoms with Crippen LogP contribution >= 0.6 is 11.3 Å². The minimum Gasteiger partial charge on any atom is -0.462 e. The molecule has 3 aromatic rings. The number of carbonyl (C=O) groups is 2. The zero-order chi connectivity index (χ0) is 22.2. The number of esters is 2. The van der Waals surface area contributed by atoms with Crippen LogP contribution in [0.3, 0.4) is 0 Å². The molecule has 0 radical (unpaired) electrons. The zero-order valence-electron chi connectivity index (χ0n) is 17.0. The number of thiophene rings is 1. The summed E-state index contributed by atoms with van der Waals surface area (Å²) < 4.78 is 10.5. The van der Waals surface area contributed by atoms with Crippen LogP contribution in [0.25, 0.3) is 0 Å². The highest BCUT2D eigenvalue weighted by molar-refractivity contribution is 7.18. The number of hydrogen-bond acceptors (Lipinski definition) is 7. The first-order chi connectivity index (χ1) is 15.0. The lowest BCUT2D eigenvalue weighted by Gasteiger charge is -2.17. The molecule has 158 valence electrons. The maximum absolute atomic E-state index is 12.7. The van der Waals surface area contributed by atoms with Gasteiger partial charge in [-0.15, -0.1) is 11.3 Å². The number of nitriles is 1. The van der Waals surface area contributed by atoms with Crippen molar-refractivity contribution in [1.82, 2.24) is 0 Å². The van der Waals surface area contributed by atoms with Crippen molar-refractivity contribution >= 4 is 28.3 Å². The molecular weight excluding hydrogens is 412 g/mol. The maximum atomic E-state index is 12.7. The number of rotatable bonds is 8. The molecule has 0 spiro atoms. The van der Waals surface area contributed by atoms with Gasteiger partial charge in [-0.25, -0.2) is 4.79 Å². The molecule has 2 aromatic carbocycles. The van der Waals surface area contributed by atoms with Gasteiger partial charge in [-0.05, 0) is 18.1 Å². The lowest BCUT2D eigenvalue weighted by Crippen LogP contribution is -2.13. The van der Waals surface area contributed by atoms with Crippen molar-refractivity contribution in [1.29, 1.82) is 5.26 Å². The molecule has 0 aliphatic rings. The van der Waals surface area contributed by atoms with Gasteiger partial charge in [0.25, 0.3) is 0 Å². The maximum Gasteiger partial charge on any atom is 0.348 e. The van der Waals surface area contributed by atoms with Crippen LogP contribution in [0, 0.1) is 11.3 Å². The number of anilines is 1. The van der Waals surface area contributed by atoms with Gasteiger partial charge in [0.1, 0.15) is 22.6 Å². The Labute approximate surface area is 184 Å². The molecule has 7 heteroatoms. The first kappa shape index (κ1) is 22.1. The van der Waals surface area contributed by atoms with E-state index in [1.807, 2.05) is 66.7 Å². The largest absolute Gasteiger partial charge is 0.462 e. The highest BCUT2D eigenvalue weighted by atomic mass is 32.1. The van der Waals surface area contributed by atoms with Crippen LogP contribution in [-0.2, 0) is 20.9 Å². The molecule has 0 saturated carbocycles. The van der Waals surface area contributed by atoms with Crippen LogP contribution in [0.2, 0.25) is 0 Å². The summed E-state index contributed by atoms with van der Waals surface area (Å²) in [6, 6.07) is 21.4. The Morgan fingerprint density at radius 3 is 2.13 bits per heavy atom. The van der Waals surface area contributed by atoms with Crippen LogP contribution in [0.1, 0.15) is 51.2 Å². The quantitative estimate of drug-likeness (QED) is 0.518. The van der Waals surface area contributed by atoms with Crippen molar-refractivity contribution in [2.45, 2.75) is 25.9 Å². The molecule has 3 rings (SSSR count). The van der Waals surface area contributed by atoms with E-state index in [-0.39, 0.29) is 46.6 Å². The molecule has 0 fully saturated rings. The fourth-order valence-electron chi connectivity index (χ4n) is 3.28. The number of ether oxygens (including phenoxy) is 2. The minimum absolute atomic E-state index is 0.115. The average molecular weight is 435 g/mol. The summed E-state index contributed by atoms with van der Waals surface area (Å²) >= 11 is 0.962. The zero-order valence-corrected chi connectivity index (χ0v) is 17.9. The molecule has 0 aliphatic carbocycles. The van der Waals surface area contributed by atoms with E-state index in [1.54, 1.807) is 6.92 Å². The molecule has 6 nitrogen and oxygen atoms in total. The van der Waals surface area contributed by atoms with Crippen LogP contribution in [0.4, 0.5) is 5.00 Å². The van der Waals surface area contributed by atoms with Gasteiger partial charge >= 0.3 is 11.9 Å². The highest BCUT2D eigenvalue weighted by Crippen LogP contribution is 2.33. The normalized spacial score (nSPS) is 10.5. The van der Waals surface area contributed by atoms with Gasteiger partial charge in [0, 0.05) is 11.5 Å². The number of nitrogen functional groups attached to an aromatic ring is 1. The van der Waals surface area contributed by atoms with Gasteiger partial charge in [0.15, 0.2) is 0 Å². The van der Waals surface area contributed by atoms with Gasteiger partial charge in [0.05, 0.1) is 18.6 Å². The third kappa shape index (κ3) is 5.30. The van der Waals surface area contributed by atoms with E-state index in [2.05, 4.69) is 0 Å². The molecule has 0 bridgehead atoms. The van der Waals surface area contributed by atoms with Crippen molar-refractivity contribution in [3.05, 3.63) is 87.8 Å². The molecule has 31 heavy (non-hydrogen) atoms. The molecule has 0 saturated heterocycles. The van der Waals surface area contributed by atoms with E-state index in [4.69, 9.17) is 15.2 Å². The molecule has 0 atom stereocenters. The number of hydrogen-bond donors (Lipinski definition) is 1. The van der Waals surface area contributed by atoms with Crippen LogP contribution < -0.4 is 5.73 Å². The van der Waals surface area contributed by atoms with E-state index in [1.165, 1.54) is 0 Å². The number of nitrogens with zero attached hydrogens (tertiary/aromatic N) is 1. The summed E-state index contributed by atoms with van der Waals surface area (Å²) in [5, 5.41) is 9.61. The second-order valence-corrected chi connectivity index (χ2v) is 7.77. The van der Waals surface area contributed by atoms with Crippen molar-refractivity contribution in [2.24, 2.45) is 0 Å². The van der Waals surface area contributed by atoms with Crippen molar-refractivity contribution in [3.8, 4) is 6.07 Å². The van der Waals surface area contributed by atoms with Gasteiger partial charge in [0.2, 0.25) is 0 Å². The predicted molar refractivity (Wildman–Crippen MR) is 119 cm³/mol. The minimum atomic E-state index is -0.585. The Hall–Kier alpha value is -3.63. The van der Waals surface area contributed by atoms with Crippen LogP contribution in [0.15, 0.2) is 60.7 Å². The smallest absolute Gasteiger partial charge is 0.348 e. The number of carbonyl (C=O) groups excluding carboxylic acids is 2. The fourth-order valence-corrected chi connectivity index (χ4v) is 4.20. The molecule has 1 heterocycles. The monoisotopic (exact) mass is 434 g/mol. The van der Waals surface area contributed by atoms with Gasteiger partial charge < -0.3 is 15.2 Å². The van der Waals surface area contributed by atoms with Crippen molar-refractivity contribution in [2.75, 3.05) is 12.3 Å². The van der Waals surface area contributed by atoms with Crippen LogP contribution in [0.5, 0.6) is 0 Å². The van der Waals surface area contributed by atoms with E-state index in [0.717, 1.165) is 22.5 Å². The SMILES string of the molecule is CCOC(=O)c1sc(N)c(C#N)c1COC(=O)CC(c1ccccc1)c1ccccc1. The first-order valence-electron chi connectivity index (χ1n) is 9.79. The van der Waals surface area contributed by atoms with Crippen molar-refractivity contribution in [3.63, 3.8) is 0 Å². The summed E-state index contributed by atoms with van der Waals surface area (Å²) in [5.74, 6) is -1.21. The molecule has 0 unspecified atom stereocenters.